The molecular formula is C22H26N6O5. The van der Waals surface area contributed by atoms with E-state index in [9.17, 15) is 4.79 Å². The van der Waals surface area contributed by atoms with E-state index in [4.69, 9.17) is 24.8 Å². The third kappa shape index (κ3) is 5.50. The zero-order valence-corrected chi connectivity index (χ0v) is 19.1. The van der Waals surface area contributed by atoms with Gasteiger partial charge in [0.15, 0.2) is 29.8 Å². The summed E-state index contributed by atoms with van der Waals surface area (Å²) in [5.74, 6) is 1.53. The highest BCUT2D eigenvalue weighted by Gasteiger charge is 2.15. The number of carbonyl (C=O) groups excluding carboxylic acids is 1. The third-order valence-corrected chi connectivity index (χ3v) is 4.58. The molecule has 0 unspecified atom stereocenters. The van der Waals surface area contributed by atoms with Gasteiger partial charge < -0.3 is 30.1 Å². The number of nitrogens with zero attached hydrogens (tertiary/aromatic N) is 4. The number of carbonyl (C=O) groups is 1. The highest BCUT2D eigenvalue weighted by Crippen LogP contribution is 2.39. The number of aromatic nitrogens is 3. The minimum Gasteiger partial charge on any atom is -0.493 e. The molecule has 0 aliphatic rings. The topological polar surface area (TPSA) is 135 Å². The van der Waals surface area contributed by atoms with E-state index in [1.165, 1.54) is 21.3 Å². The van der Waals surface area contributed by atoms with Crippen molar-refractivity contribution in [3.63, 3.8) is 0 Å². The molecule has 0 bridgehead atoms. The van der Waals surface area contributed by atoms with Crippen molar-refractivity contribution in [1.29, 1.82) is 0 Å². The van der Waals surface area contributed by atoms with E-state index in [1.807, 2.05) is 19.9 Å². The number of hydrogen-bond donors (Lipinski definition) is 2. The van der Waals surface area contributed by atoms with Gasteiger partial charge in [0, 0.05) is 35.3 Å². The van der Waals surface area contributed by atoms with Gasteiger partial charge in [0.05, 0.1) is 27.0 Å². The van der Waals surface area contributed by atoms with E-state index in [0.717, 1.165) is 11.4 Å². The van der Waals surface area contributed by atoms with Gasteiger partial charge in [-0.25, -0.2) is 9.67 Å². The van der Waals surface area contributed by atoms with E-state index in [1.54, 1.807) is 35.1 Å². The number of amidine groups is 1. The van der Waals surface area contributed by atoms with Gasteiger partial charge in [-0.3, -0.25) is 4.79 Å². The molecular weight excluding hydrogens is 428 g/mol. The Labute approximate surface area is 191 Å². The van der Waals surface area contributed by atoms with Crippen LogP contribution in [0.4, 0.5) is 5.69 Å². The van der Waals surface area contributed by atoms with Crippen LogP contribution in [0, 0.1) is 13.8 Å². The summed E-state index contributed by atoms with van der Waals surface area (Å²) in [5.41, 5.74) is 8.81. The van der Waals surface area contributed by atoms with Gasteiger partial charge in [0.25, 0.3) is 5.91 Å². The fourth-order valence-electron chi connectivity index (χ4n) is 3.09. The summed E-state index contributed by atoms with van der Waals surface area (Å²) < 4.78 is 17.5. The van der Waals surface area contributed by atoms with Gasteiger partial charge in [-0.2, -0.15) is 5.10 Å². The zero-order valence-electron chi connectivity index (χ0n) is 19.1. The van der Waals surface area contributed by atoms with Crippen molar-refractivity contribution in [2.45, 2.75) is 13.8 Å². The largest absolute Gasteiger partial charge is 0.493 e. The fraction of sp³-hybridized carbons (Fsp3) is 0.273. The molecule has 0 atom stereocenters. The van der Waals surface area contributed by atoms with Crippen LogP contribution >= 0.6 is 0 Å². The lowest BCUT2D eigenvalue weighted by Gasteiger charge is -2.14. The summed E-state index contributed by atoms with van der Waals surface area (Å²) in [4.78, 5) is 21.7. The molecule has 2 heterocycles. The smallest absolute Gasteiger partial charge is 0.265 e. The molecule has 0 saturated heterocycles. The SMILES string of the molecule is COc1cc(NC(=O)CO/N=C(/N)c2ccc(-n3nc(C)cc3C)nc2)cc(OC)c1OC. The second kappa shape index (κ2) is 10.4. The molecule has 0 fully saturated rings. The Morgan fingerprint density at radius 2 is 1.79 bits per heavy atom. The summed E-state index contributed by atoms with van der Waals surface area (Å²) in [6.45, 7) is 3.51. The van der Waals surface area contributed by atoms with Gasteiger partial charge in [-0.05, 0) is 32.0 Å². The number of oxime groups is 1. The summed E-state index contributed by atoms with van der Waals surface area (Å²) in [7, 11) is 4.47. The third-order valence-electron chi connectivity index (χ3n) is 4.58. The number of nitrogens with two attached hydrogens (primary N) is 1. The molecule has 3 rings (SSSR count). The Morgan fingerprint density at radius 3 is 2.30 bits per heavy atom. The monoisotopic (exact) mass is 454 g/mol. The van der Waals surface area contributed by atoms with Crippen molar-refractivity contribution in [3.05, 3.63) is 53.5 Å². The summed E-state index contributed by atoms with van der Waals surface area (Å²) >= 11 is 0. The summed E-state index contributed by atoms with van der Waals surface area (Å²) in [6.07, 6.45) is 1.56. The number of methoxy groups -OCH3 is 3. The molecule has 174 valence electrons. The number of benzene rings is 1. The van der Waals surface area contributed by atoms with Crippen LogP contribution < -0.4 is 25.3 Å². The standard InChI is InChI=1S/C22H26N6O5/c1-13-8-14(2)28(26-13)19-7-6-15(11-24-19)22(23)27-33-12-20(29)25-16-9-17(30-3)21(32-5)18(10-16)31-4/h6-11H,12H2,1-5H3,(H2,23,27)(H,25,29). The molecule has 0 saturated carbocycles. The number of hydrogen-bond acceptors (Lipinski definition) is 8. The Kier molecular flexibility index (Phi) is 7.34. The molecule has 11 nitrogen and oxygen atoms in total. The van der Waals surface area contributed by atoms with Gasteiger partial charge in [-0.1, -0.05) is 5.16 Å². The zero-order chi connectivity index (χ0) is 24.0. The maximum atomic E-state index is 12.2. The highest BCUT2D eigenvalue weighted by atomic mass is 16.6. The quantitative estimate of drug-likeness (QED) is 0.285. The normalized spacial score (nSPS) is 11.1. The minimum atomic E-state index is -0.446. The van der Waals surface area contributed by atoms with Crippen molar-refractivity contribution < 1.29 is 23.8 Å². The Morgan fingerprint density at radius 1 is 1.09 bits per heavy atom. The molecule has 0 spiro atoms. The van der Waals surface area contributed by atoms with Crippen LogP contribution in [0.5, 0.6) is 17.2 Å². The van der Waals surface area contributed by atoms with Crippen LogP contribution in [-0.2, 0) is 9.63 Å². The Bertz CT molecular complexity index is 1130. The summed E-state index contributed by atoms with van der Waals surface area (Å²) in [5, 5.41) is 10.9. The first-order valence-corrected chi connectivity index (χ1v) is 9.91. The lowest BCUT2D eigenvalue weighted by atomic mass is 10.2. The van der Waals surface area contributed by atoms with Crippen LogP contribution in [0.3, 0.4) is 0 Å². The molecule has 3 aromatic rings. The van der Waals surface area contributed by atoms with E-state index < -0.39 is 5.91 Å². The molecule has 0 aliphatic carbocycles. The van der Waals surface area contributed by atoms with Crippen molar-refractivity contribution in [3.8, 4) is 23.1 Å². The van der Waals surface area contributed by atoms with Crippen molar-refractivity contribution in [2.75, 3.05) is 33.3 Å². The molecule has 2 aromatic heterocycles. The summed E-state index contributed by atoms with van der Waals surface area (Å²) in [6, 6.07) is 8.69. The van der Waals surface area contributed by atoms with Crippen molar-refractivity contribution >= 4 is 17.4 Å². The lowest BCUT2D eigenvalue weighted by molar-refractivity contribution is -0.120. The number of anilines is 1. The second-order valence-corrected chi connectivity index (χ2v) is 6.96. The van der Waals surface area contributed by atoms with Gasteiger partial charge in [-0.15, -0.1) is 0 Å². The van der Waals surface area contributed by atoms with Crippen LogP contribution in [0.15, 0.2) is 41.7 Å². The molecule has 0 radical (unpaired) electrons. The number of ether oxygens (including phenoxy) is 3. The first-order chi connectivity index (χ1) is 15.9. The molecule has 3 N–H and O–H groups in total. The predicted octanol–water partition coefficient (Wildman–Crippen LogP) is 2.19. The van der Waals surface area contributed by atoms with Gasteiger partial charge in [0.2, 0.25) is 5.75 Å². The molecule has 1 amide bonds. The van der Waals surface area contributed by atoms with E-state index in [0.29, 0.717) is 34.3 Å². The van der Waals surface area contributed by atoms with Crippen molar-refractivity contribution in [1.82, 2.24) is 14.8 Å². The molecule has 11 heteroatoms. The average Bonchev–Trinajstić information content (AvgIpc) is 3.15. The van der Waals surface area contributed by atoms with Crippen LogP contribution in [0.1, 0.15) is 17.0 Å². The van der Waals surface area contributed by atoms with E-state index in [2.05, 4.69) is 20.6 Å². The van der Waals surface area contributed by atoms with E-state index >= 15 is 0 Å². The second-order valence-electron chi connectivity index (χ2n) is 6.96. The van der Waals surface area contributed by atoms with Crippen LogP contribution in [0.2, 0.25) is 0 Å². The fourth-order valence-corrected chi connectivity index (χ4v) is 3.09. The number of nitrogens with one attached hydrogen (secondary N) is 1. The van der Waals surface area contributed by atoms with Crippen molar-refractivity contribution in [2.24, 2.45) is 10.9 Å². The minimum absolute atomic E-state index is 0.0861. The van der Waals surface area contributed by atoms with Crippen LogP contribution in [0.25, 0.3) is 5.82 Å². The Hall–Kier alpha value is -4.28. The maximum Gasteiger partial charge on any atom is 0.265 e. The lowest BCUT2D eigenvalue weighted by Crippen LogP contribution is -2.19. The van der Waals surface area contributed by atoms with E-state index in [-0.39, 0.29) is 12.4 Å². The van der Waals surface area contributed by atoms with Crippen LogP contribution in [-0.4, -0.2) is 54.4 Å². The predicted molar refractivity (Wildman–Crippen MR) is 122 cm³/mol. The number of aryl methyl sites for hydroxylation is 2. The van der Waals surface area contributed by atoms with Gasteiger partial charge >= 0.3 is 0 Å². The number of amides is 1. The first kappa shape index (κ1) is 23.4. The molecule has 0 aliphatic heterocycles. The number of pyridine rings is 1. The molecule has 1 aromatic carbocycles. The number of rotatable bonds is 9. The first-order valence-electron chi connectivity index (χ1n) is 9.91. The average molecular weight is 454 g/mol. The highest BCUT2D eigenvalue weighted by molar-refractivity contribution is 5.97. The molecule has 33 heavy (non-hydrogen) atoms. The maximum absolute atomic E-state index is 12.2. The Balaban J connectivity index is 1.60. The van der Waals surface area contributed by atoms with Gasteiger partial charge in [0.1, 0.15) is 0 Å².